The lowest BCUT2D eigenvalue weighted by Crippen LogP contribution is -2.29. The van der Waals surface area contributed by atoms with Crippen LogP contribution in [-0.2, 0) is 0 Å². The Labute approximate surface area is 98.3 Å². The Hall–Kier alpha value is -1.95. The van der Waals surface area contributed by atoms with E-state index in [-0.39, 0.29) is 18.4 Å². The molecule has 0 bridgehead atoms. The fourth-order valence-electron chi connectivity index (χ4n) is 1.36. The van der Waals surface area contributed by atoms with Gasteiger partial charge >= 0.3 is 0 Å². The molecular formula is C11H14N4O2. The van der Waals surface area contributed by atoms with Gasteiger partial charge in [0.1, 0.15) is 5.69 Å². The van der Waals surface area contributed by atoms with Crippen molar-refractivity contribution in [3.63, 3.8) is 0 Å². The second-order valence-electron chi connectivity index (χ2n) is 3.95. The summed E-state index contributed by atoms with van der Waals surface area (Å²) >= 11 is 0. The highest BCUT2D eigenvalue weighted by Gasteiger charge is 2.11. The molecule has 0 aromatic carbocycles. The lowest BCUT2D eigenvalue weighted by atomic mass is 10.2. The fraction of sp³-hybridized carbons (Fsp3) is 0.364. The van der Waals surface area contributed by atoms with Gasteiger partial charge in [0.15, 0.2) is 0 Å². The van der Waals surface area contributed by atoms with Crippen molar-refractivity contribution in [1.29, 1.82) is 0 Å². The van der Waals surface area contributed by atoms with Crippen LogP contribution in [0.4, 0.5) is 0 Å². The molecule has 6 nitrogen and oxygen atoms in total. The van der Waals surface area contributed by atoms with Crippen LogP contribution >= 0.6 is 0 Å². The van der Waals surface area contributed by atoms with Crippen molar-refractivity contribution in [2.24, 2.45) is 5.92 Å². The predicted molar refractivity (Wildman–Crippen MR) is 61.6 cm³/mol. The van der Waals surface area contributed by atoms with Crippen molar-refractivity contribution in [3.8, 4) is 0 Å². The molecule has 0 fully saturated rings. The number of aromatic nitrogens is 3. The summed E-state index contributed by atoms with van der Waals surface area (Å²) in [4.78, 5) is 19.9. The van der Waals surface area contributed by atoms with E-state index in [1.165, 1.54) is 0 Å². The third kappa shape index (κ3) is 2.59. The third-order valence-corrected chi connectivity index (χ3v) is 2.39. The topological polar surface area (TPSA) is 79.5 Å². The summed E-state index contributed by atoms with van der Waals surface area (Å²) in [5.74, 6) is 0.276. The molecule has 2 N–H and O–H groups in total. The van der Waals surface area contributed by atoms with Crippen molar-refractivity contribution < 1.29 is 9.90 Å². The molecule has 2 rings (SSSR count). The Morgan fingerprint density at radius 1 is 1.65 bits per heavy atom. The Morgan fingerprint density at radius 2 is 2.47 bits per heavy atom. The Balaban J connectivity index is 2.08. The van der Waals surface area contributed by atoms with Crippen molar-refractivity contribution in [1.82, 2.24) is 19.7 Å². The molecule has 0 aliphatic rings. The summed E-state index contributed by atoms with van der Waals surface area (Å²) in [6.45, 7) is 2.33. The summed E-state index contributed by atoms with van der Waals surface area (Å²) in [6.07, 6.45) is 5.03. The number of nitrogens with one attached hydrogen (secondary N) is 1. The first kappa shape index (κ1) is 11.5. The summed E-state index contributed by atoms with van der Waals surface area (Å²) in [5.41, 5.74) is 0.328. The first-order valence-corrected chi connectivity index (χ1v) is 5.39. The van der Waals surface area contributed by atoms with Crippen LogP contribution < -0.4 is 5.32 Å². The molecule has 0 aliphatic heterocycles. The van der Waals surface area contributed by atoms with Crippen molar-refractivity contribution in [2.75, 3.05) is 13.2 Å². The third-order valence-electron chi connectivity index (χ3n) is 2.39. The Bertz CT molecular complexity index is 490. The van der Waals surface area contributed by atoms with Crippen LogP contribution in [0.25, 0.3) is 5.78 Å². The van der Waals surface area contributed by atoms with Crippen LogP contribution in [0.3, 0.4) is 0 Å². The molecule has 2 aromatic heterocycles. The maximum Gasteiger partial charge on any atom is 0.271 e. The van der Waals surface area contributed by atoms with Crippen molar-refractivity contribution >= 4 is 11.7 Å². The number of aliphatic hydroxyl groups is 1. The second-order valence-corrected chi connectivity index (χ2v) is 3.95. The highest BCUT2D eigenvalue weighted by molar-refractivity contribution is 5.92. The molecule has 1 unspecified atom stereocenters. The monoisotopic (exact) mass is 234 g/mol. The highest BCUT2D eigenvalue weighted by Crippen LogP contribution is 2.01. The van der Waals surface area contributed by atoms with Gasteiger partial charge in [-0.3, -0.25) is 9.20 Å². The molecule has 0 radical (unpaired) electrons. The fourth-order valence-corrected chi connectivity index (χ4v) is 1.36. The predicted octanol–water partition coefficient (Wildman–Crippen LogP) is 0.0875. The van der Waals surface area contributed by atoms with Crippen LogP contribution in [0.2, 0.25) is 0 Å². The minimum Gasteiger partial charge on any atom is -0.396 e. The Morgan fingerprint density at radius 3 is 3.18 bits per heavy atom. The molecule has 0 aliphatic carbocycles. The van der Waals surface area contributed by atoms with Gasteiger partial charge < -0.3 is 10.4 Å². The first-order valence-electron chi connectivity index (χ1n) is 5.39. The number of carbonyl (C=O) groups is 1. The van der Waals surface area contributed by atoms with Gasteiger partial charge in [0.2, 0.25) is 5.78 Å². The molecule has 2 aromatic rings. The van der Waals surface area contributed by atoms with E-state index < -0.39 is 0 Å². The average molecular weight is 234 g/mol. The number of amides is 1. The maximum absolute atomic E-state index is 11.7. The molecule has 6 heteroatoms. The van der Waals surface area contributed by atoms with Crippen LogP contribution in [0, 0.1) is 5.92 Å². The summed E-state index contributed by atoms with van der Waals surface area (Å²) in [7, 11) is 0. The number of rotatable bonds is 4. The number of aliphatic hydroxyl groups excluding tert-OH is 1. The zero-order chi connectivity index (χ0) is 12.3. The maximum atomic E-state index is 11.7. The normalized spacial score (nSPS) is 12.6. The van der Waals surface area contributed by atoms with E-state index in [0.29, 0.717) is 18.0 Å². The number of nitrogens with zero attached hydrogens (tertiary/aromatic N) is 3. The lowest BCUT2D eigenvalue weighted by molar-refractivity contribution is 0.0938. The molecular weight excluding hydrogens is 220 g/mol. The van der Waals surface area contributed by atoms with E-state index in [1.54, 1.807) is 29.1 Å². The second kappa shape index (κ2) is 4.92. The van der Waals surface area contributed by atoms with Gasteiger partial charge in [0.25, 0.3) is 5.91 Å². The number of imidazole rings is 1. The summed E-state index contributed by atoms with van der Waals surface area (Å²) < 4.78 is 1.68. The summed E-state index contributed by atoms with van der Waals surface area (Å²) in [5, 5.41) is 11.6. The van der Waals surface area contributed by atoms with Crippen LogP contribution in [0.5, 0.6) is 0 Å². The standard InChI is InChI=1S/C11H14N4O2/c1-8(7-16)5-13-10(17)9-6-15-4-2-3-12-11(15)14-9/h2-4,6,8,16H,5,7H2,1H3,(H,13,17). The van der Waals surface area contributed by atoms with Gasteiger partial charge in [0.05, 0.1) is 0 Å². The van der Waals surface area contributed by atoms with Crippen LogP contribution in [-0.4, -0.2) is 38.5 Å². The first-order chi connectivity index (χ1) is 8.20. The van der Waals surface area contributed by atoms with E-state index in [9.17, 15) is 4.79 Å². The number of carbonyl (C=O) groups excluding carboxylic acids is 1. The lowest BCUT2D eigenvalue weighted by Gasteiger charge is -2.07. The van der Waals surface area contributed by atoms with Crippen molar-refractivity contribution in [2.45, 2.75) is 6.92 Å². The van der Waals surface area contributed by atoms with Crippen molar-refractivity contribution in [3.05, 3.63) is 30.4 Å². The van der Waals surface area contributed by atoms with E-state index in [1.807, 2.05) is 6.92 Å². The molecule has 1 atom stereocenters. The highest BCUT2D eigenvalue weighted by atomic mass is 16.3. The van der Waals surface area contributed by atoms with E-state index in [0.717, 1.165) is 0 Å². The van der Waals surface area contributed by atoms with Crippen LogP contribution in [0.15, 0.2) is 24.7 Å². The number of hydrogen-bond acceptors (Lipinski definition) is 4. The van der Waals surface area contributed by atoms with Gasteiger partial charge in [-0.1, -0.05) is 6.92 Å². The SMILES string of the molecule is CC(CO)CNC(=O)c1cn2cccnc2n1. The van der Waals surface area contributed by atoms with Gasteiger partial charge in [-0.15, -0.1) is 0 Å². The largest absolute Gasteiger partial charge is 0.396 e. The zero-order valence-electron chi connectivity index (χ0n) is 9.50. The van der Waals surface area contributed by atoms with Gasteiger partial charge in [0, 0.05) is 31.7 Å². The quantitative estimate of drug-likeness (QED) is 0.785. The Kier molecular flexibility index (Phi) is 3.34. The molecule has 0 spiro atoms. The molecule has 90 valence electrons. The minimum atomic E-state index is -0.254. The smallest absolute Gasteiger partial charge is 0.271 e. The zero-order valence-corrected chi connectivity index (χ0v) is 9.50. The summed E-state index contributed by atoms with van der Waals surface area (Å²) in [6, 6.07) is 1.77. The number of fused-ring (bicyclic) bond motifs is 1. The van der Waals surface area contributed by atoms with Gasteiger partial charge in [-0.25, -0.2) is 9.97 Å². The molecule has 2 heterocycles. The molecule has 17 heavy (non-hydrogen) atoms. The average Bonchev–Trinajstić information content (AvgIpc) is 2.79. The van der Waals surface area contributed by atoms with Gasteiger partial charge in [-0.2, -0.15) is 0 Å². The molecule has 0 saturated heterocycles. The van der Waals surface area contributed by atoms with E-state index >= 15 is 0 Å². The van der Waals surface area contributed by atoms with Crippen LogP contribution in [0.1, 0.15) is 17.4 Å². The van der Waals surface area contributed by atoms with E-state index in [4.69, 9.17) is 5.11 Å². The molecule has 1 amide bonds. The van der Waals surface area contributed by atoms with E-state index in [2.05, 4.69) is 15.3 Å². The minimum absolute atomic E-state index is 0.0362. The number of hydrogen-bond donors (Lipinski definition) is 2. The molecule has 0 saturated carbocycles. The van der Waals surface area contributed by atoms with Gasteiger partial charge in [-0.05, 0) is 12.0 Å².